The van der Waals surface area contributed by atoms with Gasteiger partial charge in [-0.15, -0.1) is 0 Å². The monoisotopic (exact) mass is 376 g/mol. The fourth-order valence-electron chi connectivity index (χ4n) is 4.33. The molecule has 4 heteroatoms. The summed E-state index contributed by atoms with van der Waals surface area (Å²) in [7, 11) is 3.41. The summed E-state index contributed by atoms with van der Waals surface area (Å²) in [6, 6.07) is 19.6. The van der Waals surface area contributed by atoms with Gasteiger partial charge in [0.1, 0.15) is 0 Å². The van der Waals surface area contributed by atoms with Crippen LogP contribution in [0.4, 0.5) is 0 Å². The number of hydrogen-bond acceptors (Lipinski definition) is 3. The first kappa shape index (κ1) is 18.6. The molecular weight excluding hydrogens is 348 g/mol. The first-order chi connectivity index (χ1) is 13.7. The number of rotatable bonds is 5. The normalized spacial score (nSPS) is 17.0. The maximum Gasteiger partial charge on any atom is 0.165 e. The van der Waals surface area contributed by atoms with Gasteiger partial charge in [0.2, 0.25) is 0 Å². The van der Waals surface area contributed by atoms with Crippen LogP contribution in [0.25, 0.3) is 0 Å². The third kappa shape index (κ3) is 3.52. The standard InChI is InChI=1S/C24H28N2O2/c1-18-8-4-9-19(16-18)23-21-11-6-13-25(21)14-7-15-26(23)17-20-10-5-12-22(27-2)24(20)28-3/h4-6,8-13,16,23H,7,14-15,17H2,1-3H3/t23-/m1/s1. The van der Waals surface area contributed by atoms with Crippen molar-refractivity contribution in [2.75, 3.05) is 20.8 Å². The molecule has 0 amide bonds. The second-order valence-corrected chi connectivity index (χ2v) is 7.42. The summed E-state index contributed by atoms with van der Waals surface area (Å²) in [5, 5.41) is 0. The van der Waals surface area contributed by atoms with Crippen LogP contribution in [-0.2, 0) is 13.1 Å². The van der Waals surface area contributed by atoms with Gasteiger partial charge in [0, 0.05) is 37.1 Å². The Bertz CT molecular complexity index is 947. The summed E-state index contributed by atoms with van der Waals surface area (Å²) >= 11 is 0. The lowest BCUT2D eigenvalue weighted by Gasteiger charge is -2.31. The molecule has 1 aliphatic rings. The Morgan fingerprint density at radius 3 is 2.61 bits per heavy atom. The van der Waals surface area contributed by atoms with Crippen molar-refractivity contribution in [2.45, 2.75) is 32.5 Å². The van der Waals surface area contributed by atoms with Gasteiger partial charge in [-0.3, -0.25) is 4.90 Å². The molecule has 2 heterocycles. The summed E-state index contributed by atoms with van der Waals surface area (Å²) in [4.78, 5) is 2.56. The zero-order valence-corrected chi connectivity index (χ0v) is 16.9. The third-order valence-corrected chi connectivity index (χ3v) is 5.57. The average Bonchev–Trinajstić information content (AvgIpc) is 3.09. The molecule has 0 radical (unpaired) electrons. The zero-order valence-electron chi connectivity index (χ0n) is 16.9. The van der Waals surface area contributed by atoms with Crippen molar-refractivity contribution in [1.29, 1.82) is 0 Å². The second-order valence-electron chi connectivity index (χ2n) is 7.42. The van der Waals surface area contributed by atoms with Gasteiger partial charge in [-0.1, -0.05) is 42.0 Å². The zero-order chi connectivity index (χ0) is 19.5. The van der Waals surface area contributed by atoms with Crippen LogP contribution in [0.15, 0.2) is 60.8 Å². The minimum Gasteiger partial charge on any atom is -0.493 e. The Kier molecular flexibility index (Phi) is 5.40. The summed E-state index contributed by atoms with van der Waals surface area (Å²) in [5.74, 6) is 1.61. The van der Waals surface area contributed by atoms with Gasteiger partial charge < -0.3 is 14.0 Å². The second kappa shape index (κ2) is 8.11. The van der Waals surface area contributed by atoms with E-state index in [1.54, 1.807) is 14.2 Å². The fraction of sp³-hybridized carbons (Fsp3) is 0.333. The van der Waals surface area contributed by atoms with Crippen LogP contribution in [0.2, 0.25) is 0 Å². The van der Waals surface area contributed by atoms with Gasteiger partial charge in [0.05, 0.1) is 20.3 Å². The maximum absolute atomic E-state index is 5.70. The molecule has 4 nitrogen and oxygen atoms in total. The Balaban J connectivity index is 1.76. The molecule has 0 saturated carbocycles. The van der Waals surface area contributed by atoms with Crippen LogP contribution in [0.5, 0.6) is 11.5 Å². The minimum atomic E-state index is 0.216. The first-order valence-electron chi connectivity index (χ1n) is 9.87. The van der Waals surface area contributed by atoms with E-state index < -0.39 is 0 Å². The number of hydrogen-bond donors (Lipinski definition) is 0. The molecule has 28 heavy (non-hydrogen) atoms. The van der Waals surface area contributed by atoms with Gasteiger partial charge in [0.15, 0.2) is 11.5 Å². The summed E-state index contributed by atoms with van der Waals surface area (Å²) in [5.41, 5.74) is 5.13. The number of para-hydroxylation sites is 1. The first-order valence-corrected chi connectivity index (χ1v) is 9.87. The van der Waals surface area contributed by atoms with E-state index in [1.807, 2.05) is 12.1 Å². The van der Waals surface area contributed by atoms with Crippen molar-refractivity contribution >= 4 is 0 Å². The minimum absolute atomic E-state index is 0.216. The number of methoxy groups -OCH3 is 2. The van der Waals surface area contributed by atoms with E-state index in [9.17, 15) is 0 Å². The molecule has 0 N–H and O–H groups in total. The number of aromatic nitrogens is 1. The molecule has 1 aromatic heterocycles. The summed E-state index contributed by atoms with van der Waals surface area (Å²) in [6.45, 7) is 5.05. The molecule has 146 valence electrons. The molecule has 4 rings (SSSR count). The molecule has 0 fully saturated rings. The number of fused-ring (bicyclic) bond motifs is 1. The van der Waals surface area contributed by atoms with E-state index in [0.717, 1.165) is 43.1 Å². The molecule has 0 saturated heterocycles. The van der Waals surface area contributed by atoms with Gasteiger partial charge in [0.25, 0.3) is 0 Å². The van der Waals surface area contributed by atoms with Crippen LogP contribution in [0.3, 0.4) is 0 Å². The largest absolute Gasteiger partial charge is 0.493 e. The van der Waals surface area contributed by atoms with Gasteiger partial charge in [-0.05, 0) is 37.1 Å². The quantitative estimate of drug-likeness (QED) is 0.639. The number of benzene rings is 2. The molecule has 1 aliphatic heterocycles. The Labute approximate surface area is 167 Å². The summed E-state index contributed by atoms with van der Waals surface area (Å²) < 4.78 is 13.6. The molecule has 2 aromatic carbocycles. The highest BCUT2D eigenvalue weighted by molar-refractivity contribution is 5.47. The third-order valence-electron chi connectivity index (χ3n) is 5.57. The smallest absolute Gasteiger partial charge is 0.165 e. The van der Waals surface area contributed by atoms with Crippen LogP contribution in [0, 0.1) is 6.92 Å². The van der Waals surface area contributed by atoms with Crippen molar-refractivity contribution in [3.05, 3.63) is 83.2 Å². The van der Waals surface area contributed by atoms with Gasteiger partial charge in [-0.25, -0.2) is 0 Å². The number of ether oxygens (including phenoxy) is 2. The lowest BCUT2D eigenvalue weighted by Crippen LogP contribution is -2.29. The van der Waals surface area contributed by atoms with Crippen LogP contribution in [-0.4, -0.2) is 30.2 Å². The van der Waals surface area contributed by atoms with E-state index in [1.165, 1.54) is 16.8 Å². The van der Waals surface area contributed by atoms with E-state index in [0.29, 0.717) is 0 Å². The Morgan fingerprint density at radius 2 is 1.82 bits per heavy atom. The number of nitrogens with zero attached hydrogens (tertiary/aromatic N) is 2. The van der Waals surface area contributed by atoms with Crippen LogP contribution >= 0.6 is 0 Å². The predicted octanol–water partition coefficient (Wildman–Crippen LogP) is 4.81. The SMILES string of the molecule is COc1cccc(CN2CCCn3cccc3[C@H]2c2cccc(C)c2)c1OC. The lowest BCUT2D eigenvalue weighted by atomic mass is 9.99. The molecule has 0 bridgehead atoms. The van der Waals surface area contributed by atoms with Crippen LogP contribution < -0.4 is 9.47 Å². The van der Waals surface area contributed by atoms with E-state index >= 15 is 0 Å². The highest BCUT2D eigenvalue weighted by atomic mass is 16.5. The summed E-state index contributed by atoms with van der Waals surface area (Å²) in [6.07, 6.45) is 3.32. The maximum atomic E-state index is 5.70. The molecule has 0 aliphatic carbocycles. The highest BCUT2D eigenvalue weighted by Crippen LogP contribution is 2.37. The van der Waals surface area contributed by atoms with Crippen molar-refractivity contribution in [1.82, 2.24) is 9.47 Å². The Morgan fingerprint density at radius 1 is 0.964 bits per heavy atom. The van der Waals surface area contributed by atoms with E-state index in [-0.39, 0.29) is 6.04 Å². The topological polar surface area (TPSA) is 26.6 Å². The van der Waals surface area contributed by atoms with Crippen molar-refractivity contribution in [3.8, 4) is 11.5 Å². The molecular formula is C24H28N2O2. The number of aryl methyl sites for hydroxylation is 2. The lowest BCUT2D eigenvalue weighted by molar-refractivity contribution is 0.216. The van der Waals surface area contributed by atoms with E-state index in [4.69, 9.17) is 9.47 Å². The van der Waals surface area contributed by atoms with Crippen molar-refractivity contribution < 1.29 is 9.47 Å². The van der Waals surface area contributed by atoms with Crippen molar-refractivity contribution in [3.63, 3.8) is 0 Å². The molecule has 1 atom stereocenters. The predicted molar refractivity (Wildman–Crippen MR) is 112 cm³/mol. The van der Waals surface area contributed by atoms with Crippen LogP contribution in [0.1, 0.15) is 34.8 Å². The molecule has 0 unspecified atom stereocenters. The fourth-order valence-corrected chi connectivity index (χ4v) is 4.33. The molecule has 0 spiro atoms. The van der Waals surface area contributed by atoms with Gasteiger partial charge in [-0.2, -0.15) is 0 Å². The van der Waals surface area contributed by atoms with Gasteiger partial charge >= 0.3 is 0 Å². The average molecular weight is 377 g/mol. The highest BCUT2D eigenvalue weighted by Gasteiger charge is 2.28. The van der Waals surface area contributed by atoms with E-state index in [2.05, 4.69) is 65.1 Å². The van der Waals surface area contributed by atoms with Crippen molar-refractivity contribution in [2.24, 2.45) is 0 Å². The Hall–Kier alpha value is -2.72. The molecule has 3 aromatic rings.